The van der Waals surface area contributed by atoms with Crippen molar-refractivity contribution in [2.45, 2.75) is 114 Å². The molecule has 5 aliphatic carbocycles. The van der Waals surface area contributed by atoms with Crippen LogP contribution in [0.1, 0.15) is 101 Å². The van der Waals surface area contributed by atoms with Gasteiger partial charge in [0, 0.05) is 30.4 Å². The summed E-state index contributed by atoms with van der Waals surface area (Å²) >= 11 is 0. The molecule has 1 aromatic carbocycles. The van der Waals surface area contributed by atoms with Crippen LogP contribution in [0.15, 0.2) is 48.9 Å². The van der Waals surface area contributed by atoms with E-state index >= 15 is 0 Å². The summed E-state index contributed by atoms with van der Waals surface area (Å²) in [5.74, 6) is 1.65. The predicted octanol–water partition coefficient (Wildman–Crippen LogP) is 6.98. The van der Waals surface area contributed by atoms with Gasteiger partial charge in [-0.25, -0.2) is 9.78 Å². The number of hydrogen-bond acceptors (Lipinski definition) is 7. The summed E-state index contributed by atoms with van der Waals surface area (Å²) in [6.07, 6.45) is 17.8. The summed E-state index contributed by atoms with van der Waals surface area (Å²) in [7, 11) is 1.73. The van der Waals surface area contributed by atoms with Crippen LogP contribution in [0.3, 0.4) is 0 Å². The van der Waals surface area contributed by atoms with Crippen LogP contribution in [0.4, 0.5) is 10.6 Å². The van der Waals surface area contributed by atoms with E-state index in [1.807, 2.05) is 23.4 Å². The van der Waals surface area contributed by atoms with E-state index in [2.05, 4.69) is 47.2 Å². The van der Waals surface area contributed by atoms with Crippen molar-refractivity contribution in [1.82, 2.24) is 19.7 Å². The molecule has 2 aromatic heterocycles. The van der Waals surface area contributed by atoms with Crippen molar-refractivity contribution in [3.05, 3.63) is 60.0 Å². The SMILES string of the molecule is COc1ccc(C23CCC(CN(c4cc(-c5cnn(C6CCC6)c5)ccn4)C(=O)[C@H]4CC[C@H](OC(=O)N5CC(O)C5)CC4)(CC2)CC3)cc1C. The molecule has 0 radical (unpaired) electrons. The largest absolute Gasteiger partial charge is 0.496 e. The minimum atomic E-state index is -0.455. The number of rotatable bonds is 9. The van der Waals surface area contributed by atoms with E-state index in [-0.39, 0.29) is 34.9 Å². The topological polar surface area (TPSA) is 110 Å². The maximum absolute atomic E-state index is 14.7. The molecule has 3 aromatic rings. The minimum absolute atomic E-state index is 0.0558. The monoisotopic (exact) mass is 681 g/mol. The van der Waals surface area contributed by atoms with Crippen LogP contribution in [0.2, 0.25) is 0 Å². The number of anilines is 1. The van der Waals surface area contributed by atoms with Gasteiger partial charge in [0.1, 0.15) is 17.7 Å². The van der Waals surface area contributed by atoms with Gasteiger partial charge >= 0.3 is 6.09 Å². The molecule has 3 heterocycles. The van der Waals surface area contributed by atoms with E-state index in [0.717, 1.165) is 61.2 Å². The van der Waals surface area contributed by atoms with E-state index < -0.39 is 6.10 Å². The first-order valence-electron chi connectivity index (χ1n) is 18.8. The number of fused-ring (bicyclic) bond motifs is 3. The molecule has 10 nitrogen and oxygen atoms in total. The van der Waals surface area contributed by atoms with Gasteiger partial charge in [0.15, 0.2) is 0 Å². The number of aliphatic hydroxyl groups is 1. The second-order valence-corrected chi connectivity index (χ2v) is 16.0. The van der Waals surface area contributed by atoms with Gasteiger partial charge < -0.3 is 19.5 Å². The number of aromatic nitrogens is 3. The molecule has 5 saturated carbocycles. The summed E-state index contributed by atoms with van der Waals surface area (Å²) in [6.45, 7) is 3.47. The summed E-state index contributed by atoms with van der Waals surface area (Å²) in [5.41, 5.74) is 4.95. The first kappa shape index (κ1) is 33.2. The number of methoxy groups -OCH3 is 1. The van der Waals surface area contributed by atoms with Gasteiger partial charge in [0.05, 0.1) is 38.5 Å². The molecule has 266 valence electrons. The Morgan fingerprint density at radius 1 is 0.960 bits per heavy atom. The van der Waals surface area contributed by atoms with E-state index in [1.165, 1.54) is 35.3 Å². The van der Waals surface area contributed by atoms with Crippen LogP contribution in [0.25, 0.3) is 11.1 Å². The number of ether oxygens (including phenoxy) is 2. The Bertz CT molecular complexity index is 1700. The number of pyridine rings is 1. The lowest BCUT2D eigenvalue weighted by atomic mass is 9.51. The molecule has 0 unspecified atom stereocenters. The highest BCUT2D eigenvalue weighted by Crippen LogP contribution is 2.58. The first-order chi connectivity index (χ1) is 24.2. The van der Waals surface area contributed by atoms with Crippen LogP contribution in [-0.2, 0) is 14.9 Å². The highest BCUT2D eigenvalue weighted by atomic mass is 16.6. The van der Waals surface area contributed by atoms with Crippen LogP contribution in [-0.4, -0.2) is 75.7 Å². The van der Waals surface area contributed by atoms with Crippen molar-refractivity contribution in [2.24, 2.45) is 11.3 Å². The standard InChI is InChI=1S/C40H51N5O5/c1-27-20-31(8-11-35(27)49-2)40-16-13-39(14-17-40,15-18-40)26-44(36-21-29(12-19-41-36)30-22-42-45(23-30)32-4-3-5-32)37(47)28-6-9-34(10-7-28)50-38(48)43-24-33(46)25-43/h8,11-12,19-23,28,32-34,46H,3-7,9-10,13-18,24-26H2,1-2H3/t28-,34-,39?,40?. The van der Waals surface area contributed by atoms with Gasteiger partial charge in [-0.3, -0.25) is 14.4 Å². The molecular formula is C40H51N5O5. The number of hydrogen-bond donors (Lipinski definition) is 1. The number of benzene rings is 1. The number of likely N-dealkylation sites (tertiary alicyclic amines) is 1. The molecule has 6 fully saturated rings. The molecule has 0 atom stereocenters. The zero-order valence-electron chi connectivity index (χ0n) is 29.6. The summed E-state index contributed by atoms with van der Waals surface area (Å²) in [6, 6.07) is 11.3. The lowest BCUT2D eigenvalue weighted by molar-refractivity contribution is -0.124. The maximum Gasteiger partial charge on any atom is 0.410 e. The first-order valence-corrected chi connectivity index (χ1v) is 18.8. The van der Waals surface area contributed by atoms with E-state index in [4.69, 9.17) is 14.5 Å². The highest BCUT2D eigenvalue weighted by Gasteiger charge is 2.51. The number of carbonyl (C=O) groups excluding carboxylic acids is 2. The molecule has 0 spiro atoms. The quantitative estimate of drug-likeness (QED) is 0.259. The normalized spacial score (nSPS) is 28.1. The number of carbonyl (C=O) groups is 2. The lowest BCUT2D eigenvalue weighted by Crippen LogP contribution is -2.54. The molecule has 2 amide bonds. The Morgan fingerprint density at radius 2 is 1.70 bits per heavy atom. The molecule has 6 aliphatic rings. The molecule has 2 bridgehead atoms. The van der Waals surface area contributed by atoms with Crippen molar-refractivity contribution in [2.75, 3.05) is 31.6 Å². The molecule has 1 N–H and O–H groups in total. The van der Waals surface area contributed by atoms with E-state index in [1.54, 1.807) is 7.11 Å². The lowest BCUT2D eigenvalue weighted by Gasteiger charge is -2.55. The Balaban J connectivity index is 1.01. The van der Waals surface area contributed by atoms with Gasteiger partial charge in [-0.05, 0) is 136 Å². The van der Waals surface area contributed by atoms with Crippen molar-refractivity contribution >= 4 is 17.8 Å². The second kappa shape index (κ2) is 13.3. The van der Waals surface area contributed by atoms with Gasteiger partial charge in [-0.15, -0.1) is 0 Å². The molecule has 50 heavy (non-hydrogen) atoms. The number of aryl methyl sites for hydroxylation is 1. The number of aliphatic hydroxyl groups excluding tert-OH is 1. The fraction of sp³-hybridized carbons (Fsp3) is 0.600. The van der Waals surface area contributed by atoms with Crippen molar-refractivity contribution in [1.29, 1.82) is 0 Å². The highest BCUT2D eigenvalue weighted by molar-refractivity contribution is 5.95. The molecule has 1 saturated heterocycles. The molecular weight excluding hydrogens is 630 g/mol. The van der Waals surface area contributed by atoms with Crippen LogP contribution >= 0.6 is 0 Å². The Labute approximate surface area is 295 Å². The van der Waals surface area contributed by atoms with E-state index in [9.17, 15) is 14.7 Å². The van der Waals surface area contributed by atoms with E-state index in [0.29, 0.717) is 51.4 Å². The van der Waals surface area contributed by atoms with Crippen LogP contribution < -0.4 is 9.64 Å². The second-order valence-electron chi connectivity index (χ2n) is 16.0. The molecule has 9 rings (SSSR count). The zero-order chi connectivity index (χ0) is 34.5. The maximum atomic E-state index is 14.7. The van der Waals surface area contributed by atoms with Gasteiger partial charge in [-0.1, -0.05) is 12.1 Å². The van der Waals surface area contributed by atoms with Crippen molar-refractivity contribution in [3.63, 3.8) is 0 Å². The van der Waals surface area contributed by atoms with Gasteiger partial charge in [0.25, 0.3) is 0 Å². The third-order valence-electron chi connectivity index (χ3n) is 13.0. The van der Waals surface area contributed by atoms with Crippen LogP contribution in [0.5, 0.6) is 5.75 Å². The van der Waals surface area contributed by atoms with Gasteiger partial charge in [-0.2, -0.15) is 5.10 Å². The zero-order valence-corrected chi connectivity index (χ0v) is 29.6. The minimum Gasteiger partial charge on any atom is -0.496 e. The fourth-order valence-corrected chi connectivity index (χ4v) is 9.30. The summed E-state index contributed by atoms with van der Waals surface area (Å²) in [4.78, 5) is 35.6. The average molecular weight is 682 g/mol. The predicted molar refractivity (Wildman–Crippen MR) is 190 cm³/mol. The third kappa shape index (κ3) is 6.29. The fourth-order valence-electron chi connectivity index (χ4n) is 9.30. The number of nitrogens with zero attached hydrogens (tertiary/aromatic N) is 5. The third-order valence-corrected chi connectivity index (χ3v) is 13.0. The number of β-amino-alcohol motifs (C(OH)–C–C–N with tert-alkyl or cyclic N) is 1. The Morgan fingerprint density at radius 3 is 2.34 bits per heavy atom. The Kier molecular flexibility index (Phi) is 8.86. The summed E-state index contributed by atoms with van der Waals surface area (Å²) in [5, 5.41) is 14.3. The summed E-state index contributed by atoms with van der Waals surface area (Å²) < 4.78 is 13.4. The number of amides is 2. The molecule has 10 heteroatoms. The van der Waals surface area contributed by atoms with Crippen molar-refractivity contribution < 1.29 is 24.2 Å². The van der Waals surface area contributed by atoms with Gasteiger partial charge in [0.2, 0.25) is 5.91 Å². The molecule has 1 aliphatic heterocycles. The Hall–Kier alpha value is -3.92. The van der Waals surface area contributed by atoms with Crippen molar-refractivity contribution in [3.8, 4) is 16.9 Å². The van der Waals surface area contributed by atoms with Crippen LogP contribution in [0, 0.1) is 18.3 Å². The smallest absolute Gasteiger partial charge is 0.410 e. The average Bonchev–Trinajstić information content (AvgIpc) is 3.59.